The van der Waals surface area contributed by atoms with Crippen molar-refractivity contribution in [2.75, 3.05) is 5.75 Å². The van der Waals surface area contributed by atoms with Gasteiger partial charge in [0.1, 0.15) is 5.01 Å². The molecule has 0 spiro atoms. The fourth-order valence-electron chi connectivity index (χ4n) is 1.64. The minimum Gasteiger partial charge on any atom is -0.267 e. The first-order valence-electron chi connectivity index (χ1n) is 6.61. The Labute approximate surface area is 149 Å². The van der Waals surface area contributed by atoms with Gasteiger partial charge >= 0.3 is 0 Å². The van der Waals surface area contributed by atoms with Gasteiger partial charge in [-0.15, -0.1) is 10.2 Å². The third kappa shape index (κ3) is 4.19. The average Bonchev–Trinajstić information content (AvgIpc) is 3.09. The second-order valence-electron chi connectivity index (χ2n) is 4.79. The molecule has 3 aromatic rings. The molecule has 0 amide bonds. The minimum absolute atomic E-state index is 0.144. The summed E-state index contributed by atoms with van der Waals surface area (Å²) in [5, 5.41) is 13.5. The lowest BCUT2D eigenvalue weighted by atomic mass is 10.4. The summed E-state index contributed by atoms with van der Waals surface area (Å²) in [5.74, 6) is 1.50. The van der Waals surface area contributed by atoms with E-state index in [0.29, 0.717) is 16.4 Å². The van der Waals surface area contributed by atoms with E-state index in [0.717, 1.165) is 25.0 Å². The third-order valence-corrected chi connectivity index (χ3v) is 7.09. The average molecular weight is 384 g/mol. The predicted molar refractivity (Wildman–Crippen MR) is 96.9 cm³/mol. The lowest BCUT2D eigenvalue weighted by Crippen LogP contribution is -2.14. The molecule has 6 nitrogen and oxygen atoms in total. The van der Waals surface area contributed by atoms with Crippen molar-refractivity contribution in [1.29, 1.82) is 0 Å². The van der Waals surface area contributed by atoms with Gasteiger partial charge in [0.15, 0.2) is 8.68 Å². The molecule has 0 bridgehead atoms. The van der Waals surface area contributed by atoms with Crippen LogP contribution in [0.25, 0.3) is 4.96 Å². The third-order valence-electron chi connectivity index (χ3n) is 2.56. The minimum atomic E-state index is -0.144. The van der Waals surface area contributed by atoms with Crippen molar-refractivity contribution in [1.82, 2.24) is 24.8 Å². The number of thioether (sulfide) groups is 2. The Morgan fingerprint density at radius 3 is 2.78 bits per heavy atom. The Balaban J connectivity index is 1.67. The van der Waals surface area contributed by atoms with Crippen LogP contribution in [0.4, 0.5) is 0 Å². The number of fused-ring (bicyclic) bond motifs is 1. The molecule has 0 radical (unpaired) electrons. The SMILES string of the molecule is C=C(C)CSc1nnc(SCc2nn3c(=O)cc(C)nc3s2)s1. The summed E-state index contributed by atoms with van der Waals surface area (Å²) in [6.07, 6.45) is 0. The lowest BCUT2D eigenvalue weighted by Gasteiger charge is -1.93. The molecule has 0 aromatic carbocycles. The molecule has 0 N–H and O–H groups in total. The molecular formula is C13H13N5OS4. The van der Waals surface area contributed by atoms with Crippen molar-refractivity contribution >= 4 is 51.2 Å². The van der Waals surface area contributed by atoms with Crippen LogP contribution in [0.2, 0.25) is 0 Å². The van der Waals surface area contributed by atoms with E-state index in [2.05, 4.69) is 26.9 Å². The van der Waals surface area contributed by atoms with Gasteiger partial charge in [-0.25, -0.2) is 4.98 Å². The van der Waals surface area contributed by atoms with E-state index in [1.54, 1.807) is 41.8 Å². The van der Waals surface area contributed by atoms with E-state index in [1.807, 2.05) is 6.92 Å². The van der Waals surface area contributed by atoms with Crippen LogP contribution in [0, 0.1) is 6.92 Å². The highest BCUT2D eigenvalue weighted by Gasteiger charge is 2.10. The van der Waals surface area contributed by atoms with Crippen LogP contribution in [-0.2, 0) is 5.75 Å². The van der Waals surface area contributed by atoms with Crippen molar-refractivity contribution in [3.05, 3.63) is 39.3 Å². The molecule has 3 aromatic heterocycles. The molecule has 0 aliphatic carbocycles. The van der Waals surface area contributed by atoms with Gasteiger partial charge < -0.3 is 0 Å². The first-order chi connectivity index (χ1) is 11.0. The van der Waals surface area contributed by atoms with Crippen LogP contribution in [0.15, 0.2) is 31.7 Å². The molecule has 3 rings (SSSR count). The van der Waals surface area contributed by atoms with Crippen molar-refractivity contribution < 1.29 is 0 Å². The highest BCUT2D eigenvalue weighted by atomic mass is 32.2. The summed E-state index contributed by atoms with van der Waals surface area (Å²) in [7, 11) is 0. The van der Waals surface area contributed by atoms with Gasteiger partial charge in [0.2, 0.25) is 4.96 Å². The van der Waals surface area contributed by atoms with Crippen molar-refractivity contribution in [2.24, 2.45) is 0 Å². The summed E-state index contributed by atoms with van der Waals surface area (Å²) in [4.78, 5) is 16.8. The van der Waals surface area contributed by atoms with E-state index >= 15 is 0 Å². The quantitative estimate of drug-likeness (QED) is 0.478. The molecule has 0 atom stereocenters. The Morgan fingerprint density at radius 1 is 1.30 bits per heavy atom. The summed E-state index contributed by atoms with van der Waals surface area (Å²) in [6, 6.07) is 1.49. The smallest absolute Gasteiger partial charge is 0.267 e. The summed E-state index contributed by atoms with van der Waals surface area (Å²) in [5.41, 5.74) is 1.68. The summed E-state index contributed by atoms with van der Waals surface area (Å²) in [6.45, 7) is 7.68. The van der Waals surface area contributed by atoms with Gasteiger partial charge in [-0.3, -0.25) is 4.79 Å². The van der Waals surface area contributed by atoms with E-state index < -0.39 is 0 Å². The van der Waals surface area contributed by atoms with Gasteiger partial charge in [0, 0.05) is 17.5 Å². The Kier molecular flexibility index (Phi) is 5.14. The van der Waals surface area contributed by atoms with Gasteiger partial charge in [-0.2, -0.15) is 9.61 Å². The van der Waals surface area contributed by atoms with Gasteiger partial charge in [0.25, 0.3) is 5.56 Å². The predicted octanol–water partition coefficient (Wildman–Crippen LogP) is 3.27. The van der Waals surface area contributed by atoms with E-state index in [1.165, 1.54) is 21.9 Å². The maximum atomic E-state index is 11.8. The zero-order valence-corrected chi connectivity index (χ0v) is 15.7. The lowest BCUT2D eigenvalue weighted by molar-refractivity contribution is 0.870. The standard InChI is InChI=1S/C13H13N5OS4/c1-7(2)5-20-12-15-16-13(23-12)21-6-9-17-18-10(19)4-8(3)14-11(18)22-9/h4H,1,5-6H2,2-3H3. The fraction of sp³-hybridized carbons (Fsp3) is 0.308. The molecule has 0 unspecified atom stereocenters. The first kappa shape index (κ1) is 16.6. The Hall–Kier alpha value is -1.23. The second kappa shape index (κ2) is 7.12. The number of nitrogens with zero attached hydrogens (tertiary/aromatic N) is 5. The molecule has 120 valence electrons. The zero-order valence-electron chi connectivity index (χ0n) is 12.5. The molecule has 0 fully saturated rings. The number of aromatic nitrogens is 5. The van der Waals surface area contributed by atoms with Crippen LogP contribution in [-0.4, -0.2) is 30.5 Å². The second-order valence-corrected chi connectivity index (χ2v) is 9.26. The fourth-order valence-corrected chi connectivity index (χ4v) is 5.43. The van der Waals surface area contributed by atoms with Crippen molar-refractivity contribution in [3.8, 4) is 0 Å². The van der Waals surface area contributed by atoms with Crippen LogP contribution in [0.1, 0.15) is 17.6 Å². The molecule has 0 saturated heterocycles. The molecule has 23 heavy (non-hydrogen) atoms. The van der Waals surface area contributed by atoms with Gasteiger partial charge in [-0.05, 0) is 13.8 Å². The molecule has 0 aliphatic heterocycles. The zero-order chi connectivity index (χ0) is 16.4. The Morgan fingerprint density at radius 2 is 2.04 bits per heavy atom. The molecule has 0 aliphatic rings. The van der Waals surface area contributed by atoms with Crippen molar-refractivity contribution in [2.45, 2.75) is 28.3 Å². The van der Waals surface area contributed by atoms with E-state index in [9.17, 15) is 4.79 Å². The summed E-state index contributed by atoms with van der Waals surface area (Å²) >= 11 is 6.20. The highest BCUT2D eigenvalue weighted by molar-refractivity contribution is 8.03. The van der Waals surface area contributed by atoms with Crippen LogP contribution in [0.5, 0.6) is 0 Å². The molecule has 3 heterocycles. The maximum absolute atomic E-state index is 11.8. The number of hydrogen-bond donors (Lipinski definition) is 0. The number of rotatable bonds is 6. The topological polar surface area (TPSA) is 73.0 Å². The van der Waals surface area contributed by atoms with Crippen molar-refractivity contribution in [3.63, 3.8) is 0 Å². The number of hydrogen-bond acceptors (Lipinski definition) is 9. The monoisotopic (exact) mass is 383 g/mol. The van der Waals surface area contributed by atoms with Crippen LogP contribution in [0.3, 0.4) is 0 Å². The van der Waals surface area contributed by atoms with Gasteiger partial charge in [0.05, 0.1) is 5.75 Å². The maximum Gasteiger partial charge on any atom is 0.275 e. The van der Waals surface area contributed by atoms with E-state index in [4.69, 9.17) is 0 Å². The van der Waals surface area contributed by atoms with E-state index in [-0.39, 0.29) is 5.56 Å². The Bertz CT molecular complexity index is 913. The molecule has 10 heteroatoms. The van der Waals surface area contributed by atoms with Crippen LogP contribution >= 0.6 is 46.2 Å². The largest absolute Gasteiger partial charge is 0.275 e. The molecular weight excluding hydrogens is 370 g/mol. The highest BCUT2D eigenvalue weighted by Crippen LogP contribution is 2.31. The normalized spacial score (nSPS) is 11.2. The summed E-state index contributed by atoms with van der Waals surface area (Å²) < 4.78 is 3.18. The van der Waals surface area contributed by atoms with Gasteiger partial charge in [-0.1, -0.05) is 58.3 Å². The number of aryl methyl sites for hydroxylation is 1. The van der Waals surface area contributed by atoms with Crippen LogP contribution < -0.4 is 5.56 Å². The molecule has 0 saturated carbocycles. The first-order valence-corrected chi connectivity index (χ1v) is 10.2.